The van der Waals surface area contributed by atoms with Crippen LogP contribution >= 0.6 is 0 Å². The summed E-state index contributed by atoms with van der Waals surface area (Å²) in [6.07, 6.45) is 16.0. The van der Waals surface area contributed by atoms with Crippen molar-refractivity contribution in [2.75, 3.05) is 0 Å². The lowest BCUT2D eigenvalue weighted by atomic mass is 9.50. The summed E-state index contributed by atoms with van der Waals surface area (Å²) in [6, 6.07) is 0. The molecular weight excluding hydrogens is 442 g/mol. The quantitative estimate of drug-likeness (QED) is 0.368. The normalized spacial score (nSPS) is 45.1. The Hall–Kier alpha value is -0.480. The van der Waals surface area contributed by atoms with E-state index in [0.717, 1.165) is 55.8 Å². The Morgan fingerprint density at radius 2 is 1.69 bits per heavy atom. The van der Waals surface area contributed by atoms with E-state index in [4.69, 9.17) is 0 Å². The SMILES string of the molecule is CC[C@]1(O)CC[C@H]2C(=CC[C@@H]3[C@@H]2CC[C@]2(C)[C@@H]([C@H](C)CCCC4(O)CCC(F)(F)CC4)CC[C@@H]32)C1. The van der Waals surface area contributed by atoms with Crippen molar-refractivity contribution in [3.05, 3.63) is 11.6 Å². The zero-order valence-electron chi connectivity index (χ0n) is 22.5. The molecule has 0 aromatic heterocycles. The number of hydrogen-bond donors (Lipinski definition) is 2. The van der Waals surface area contributed by atoms with E-state index in [-0.39, 0.29) is 25.7 Å². The molecule has 2 N–H and O–H groups in total. The van der Waals surface area contributed by atoms with E-state index in [1.165, 1.54) is 38.5 Å². The lowest BCUT2D eigenvalue weighted by Gasteiger charge is -2.55. The highest BCUT2D eigenvalue weighted by Gasteiger charge is 2.57. The molecule has 4 fully saturated rings. The number of allylic oxidation sites excluding steroid dienone is 1. The lowest BCUT2D eigenvalue weighted by molar-refractivity contribution is -0.107. The van der Waals surface area contributed by atoms with E-state index in [2.05, 4.69) is 26.8 Å². The van der Waals surface area contributed by atoms with Crippen molar-refractivity contribution in [3.63, 3.8) is 0 Å². The number of rotatable bonds is 6. The molecule has 0 unspecified atom stereocenters. The molecule has 5 rings (SSSR count). The van der Waals surface area contributed by atoms with Crippen LogP contribution in [0.25, 0.3) is 0 Å². The molecular formula is C31H50F2O2. The summed E-state index contributed by atoms with van der Waals surface area (Å²) >= 11 is 0. The maximum Gasteiger partial charge on any atom is 0.248 e. The van der Waals surface area contributed by atoms with Gasteiger partial charge < -0.3 is 10.2 Å². The van der Waals surface area contributed by atoms with Gasteiger partial charge in [-0.25, -0.2) is 8.78 Å². The average molecular weight is 493 g/mol. The van der Waals surface area contributed by atoms with Gasteiger partial charge in [0, 0.05) is 12.8 Å². The van der Waals surface area contributed by atoms with Gasteiger partial charge >= 0.3 is 0 Å². The van der Waals surface area contributed by atoms with E-state index >= 15 is 0 Å². The molecule has 0 heterocycles. The Morgan fingerprint density at radius 1 is 0.943 bits per heavy atom. The third-order valence-electron chi connectivity index (χ3n) is 12.2. The maximum absolute atomic E-state index is 13.5. The molecule has 0 radical (unpaired) electrons. The van der Waals surface area contributed by atoms with Gasteiger partial charge in [0.25, 0.3) is 0 Å². The zero-order chi connectivity index (χ0) is 25.1. The van der Waals surface area contributed by atoms with Crippen LogP contribution in [0.15, 0.2) is 11.6 Å². The number of alkyl halides is 2. The van der Waals surface area contributed by atoms with E-state index < -0.39 is 17.1 Å². The molecule has 35 heavy (non-hydrogen) atoms. The van der Waals surface area contributed by atoms with Crippen LogP contribution in [0.5, 0.6) is 0 Å². The van der Waals surface area contributed by atoms with Gasteiger partial charge in [-0.05, 0) is 118 Å². The summed E-state index contributed by atoms with van der Waals surface area (Å²) in [5.41, 5.74) is 0.677. The van der Waals surface area contributed by atoms with Gasteiger partial charge in [-0.15, -0.1) is 0 Å². The van der Waals surface area contributed by atoms with Gasteiger partial charge in [0.05, 0.1) is 11.2 Å². The molecule has 2 nitrogen and oxygen atoms in total. The molecule has 0 bridgehead atoms. The first-order valence-electron chi connectivity index (χ1n) is 15.0. The van der Waals surface area contributed by atoms with Gasteiger partial charge in [0.1, 0.15) is 0 Å². The Bertz CT molecular complexity index is 798. The molecule has 200 valence electrons. The maximum atomic E-state index is 13.5. The second-order valence-electron chi connectivity index (χ2n) is 14.0. The first-order valence-corrected chi connectivity index (χ1v) is 15.0. The zero-order valence-corrected chi connectivity index (χ0v) is 22.5. The van der Waals surface area contributed by atoms with Crippen molar-refractivity contribution >= 4 is 0 Å². The molecule has 5 aliphatic carbocycles. The third kappa shape index (κ3) is 4.89. The number of fused-ring (bicyclic) bond motifs is 5. The molecule has 4 heteroatoms. The molecule has 0 aromatic carbocycles. The average Bonchev–Trinajstić information content (AvgIpc) is 3.18. The van der Waals surface area contributed by atoms with Gasteiger partial charge in [-0.1, -0.05) is 45.3 Å². The fourth-order valence-corrected chi connectivity index (χ4v) is 9.93. The highest BCUT2D eigenvalue weighted by molar-refractivity contribution is 5.22. The fraction of sp³-hybridized carbons (Fsp3) is 0.935. The standard InChI is InChI=1S/C31H50F2O2/c1-4-29(34)15-12-23-22(20-29)7-8-25-24(23)11-14-28(3)26(9-10-27(25)28)21(2)6-5-13-30(35)16-18-31(32,33)19-17-30/h7,21,23-27,34-35H,4-6,8-20H2,1-3H3/t21-,23+,24-,25-,26-,27+,28-,29+/m1/s1. The van der Waals surface area contributed by atoms with Crippen molar-refractivity contribution < 1.29 is 19.0 Å². The van der Waals surface area contributed by atoms with Gasteiger partial charge in [0.15, 0.2) is 0 Å². The van der Waals surface area contributed by atoms with Crippen LogP contribution in [0.3, 0.4) is 0 Å². The number of halogens is 2. The van der Waals surface area contributed by atoms with Gasteiger partial charge in [0.2, 0.25) is 5.92 Å². The summed E-state index contributed by atoms with van der Waals surface area (Å²) in [5, 5.41) is 21.7. The number of hydrogen-bond acceptors (Lipinski definition) is 2. The second-order valence-corrected chi connectivity index (χ2v) is 14.0. The summed E-state index contributed by atoms with van der Waals surface area (Å²) in [5.74, 6) is 1.99. The predicted octanol–water partition coefficient (Wildman–Crippen LogP) is 8.06. The summed E-state index contributed by atoms with van der Waals surface area (Å²) in [4.78, 5) is 0. The van der Waals surface area contributed by atoms with Crippen molar-refractivity contribution in [2.24, 2.45) is 40.9 Å². The molecule has 0 aromatic rings. The molecule has 0 saturated heterocycles. The van der Waals surface area contributed by atoms with Crippen LogP contribution in [-0.2, 0) is 0 Å². The Labute approximate surface area is 212 Å². The van der Waals surface area contributed by atoms with Crippen LogP contribution in [0.2, 0.25) is 0 Å². The highest BCUT2D eigenvalue weighted by atomic mass is 19.3. The minimum atomic E-state index is -2.57. The topological polar surface area (TPSA) is 40.5 Å². The van der Waals surface area contributed by atoms with Crippen LogP contribution in [0, 0.1) is 40.9 Å². The summed E-state index contributed by atoms with van der Waals surface area (Å²) in [7, 11) is 0. The van der Waals surface area contributed by atoms with Crippen molar-refractivity contribution in [1.82, 2.24) is 0 Å². The lowest BCUT2D eigenvalue weighted by Crippen LogP contribution is -2.48. The monoisotopic (exact) mass is 492 g/mol. The van der Waals surface area contributed by atoms with Crippen molar-refractivity contribution in [1.29, 1.82) is 0 Å². The number of aliphatic hydroxyl groups is 2. The Balaban J connectivity index is 1.19. The van der Waals surface area contributed by atoms with Crippen LogP contribution < -0.4 is 0 Å². The predicted molar refractivity (Wildman–Crippen MR) is 137 cm³/mol. The third-order valence-corrected chi connectivity index (χ3v) is 12.2. The molecule has 0 aliphatic heterocycles. The summed E-state index contributed by atoms with van der Waals surface area (Å²) < 4.78 is 27.1. The Morgan fingerprint density at radius 3 is 2.40 bits per heavy atom. The van der Waals surface area contributed by atoms with Gasteiger partial charge in [-0.3, -0.25) is 0 Å². The van der Waals surface area contributed by atoms with Crippen molar-refractivity contribution in [3.8, 4) is 0 Å². The smallest absolute Gasteiger partial charge is 0.248 e. The molecule has 5 aliphatic rings. The van der Waals surface area contributed by atoms with E-state index in [1.54, 1.807) is 5.57 Å². The molecule has 0 spiro atoms. The highest BCUT2D eigenvalue weighted by Crippen LogP contribution is 2.65. The van der Waals surface area contributed by atoms with Gasteiger partial charge in [-0.2, -0.15) is 0 Å². The second kappa shape index (κ2) is 9.37. The first kappa shape index (κ1) is 26.1. The summed E-state index contributed by atoms with van der Waals surface area (Å²) in [6.45, 7) is 7.15. The van der Waals surface area contributed by atoms with Crippen molar-refractivity contribution in [2.45, 2.75) is 141 Å². The van der Waals surface area contributed by atoms with Crippen LogP contribution in [-0.4, -0.2) is 27.3 Å². The largest absolute Gasteiger partial charge is 0.390 e. The minimum absolute atomic E-state index is 0.154. The first-order chi connectivity index (χ1) is 16.5. The molecule has 8 atom stereocenters. The molecule has 0 amide bonds. The van der Waals surface area contributed by atoms with E-state index in [9.17, 15) is 19.0 Å². The van der Waals surface area contributed by atoms with Crippen LogP contribution in [0.1, 0.15) is 124 Å². The fourth-order valence-electron chi connectivity index (χ4n) is 9.93. The van der Waals surface area contributed by atoms with E-state index in [0.29, 0.717) is 23.7 Å². The Kier molecular flexibility index (Phi) is 7.00. The molecule has 4 saturated carbocycles. The van der Waals surface area contributed by atoms with Crippen LogP contribution in [0.4, 0.5) is 8.78 Å². The minimum Gasteiger partial charge on any atom is -0.390 e. The van der Waals surface area contributed by atoms with E-state index in [1.807, 2.05) is 0 Å².